The molecule has 1 amide bonds. The Labute approximate surface area is 117 Å². The van der Waals surface area contributed by atoms with E-state index in [0.29, 0.717) is 28.7 Å². The Morgan fingerprint density at radius 3 is 2.80 bits per heavy atom. The Bertz CT molecular complexity index is 619. The summed E-state index contributed by atoms with van der Waals surface area (Å²) in [5.74, 6) is 0.846. The molecule has 1 aromatic heterocycles. The van der Waals surface area contributed by atoms with Gasteiger partial charge in [0.1, 0.15) is 0 Å². The molecule has 1 heterocycles. The summed E-state index contributed by atoms with van der Waals surface area (Å²) in [5.41, 5.74) is 7.54. The topological polar surface area (TPSA) is 93.0 Å². The quantitative estimate of drug-likeness (QED) is 0.746. The summed E-state index contributed by atoms with van der Waals surface area (Å²) in [7, 11) is 1.48. The molecule has 6 nitrogen and oxygen atoms in total. The van der Waals surface area contributed by atoms with Crippen molar-refractivity contribution in [1.82, 2.24) is 10.2 Å². The van der Waals surface area contributed by atoms with Gasteiger partial charge in [-0.3, -0.25) is 9.89 Å². The van der Waals surface area contributed by atoms with Crippen LogP contribution in [0.25, 0.3) is 0 Å². The number of carbonyl (C=O) groups excluding carboxylic acids is 1. The standard InChI is InChI=1S/C14H18N4O2/c1-8(2)11-7-12(18-17-11)16-14(19)9-5-4-6-10(15)13(9)20-3/h4-8H,15H2,1-3H3,(H2,16,17,18,19). The van der Waals surface area contributed by atoms with Crippen molar-refractivity contribution in [1.29, 1.82) is 0 Å². The number of nitrogens with zero attached hydrogens (tertiary/aromatic N) is 1. The molecule has 1 aromatic carbocycles. The lowest BCUT2D eigenvalue weighted by molar-refractivity contribution is 0.102. The van der Waals surface area contributed by atoms with Crippen LogP contribution in [0.15, 0.2) is 24.3 Å². The molecule has 4 N–H and O–H groups in total. The van der Waals surface area contributed by atoms with E-state index in [1.165, 1.54) is 7.11 Å². The van der Waals surface area contributed by atoms with Crippen LogP contribution in [0.5, 0.6) is 5.75 Å². The Hall–Kier alpha value is -2.50. The fourth-order valence-corrected chi connectivity index (χ4v) is 1.84. The molecule has 2 aromatic rings. The number of rotatable bonds is 4. The zero-order valence-electron chi connectivity index (χ0n) is 11.7. The molecule has 0 spiro atoms. The average molecular weight is 274 g/mol. The predicted octanol–water partition coefficient (Wildman–Crippen LogP) is 2.38. The smallest absolute Gasteiger partial charge is 0.260 e. The minimum Gasteiger partial charge on any atom is -0.494 e. The van der Waals surface area contributed by atoms with Crippen LogP contribution in [0, 0.1) is 0 Å². The normalized spacial score (nSPS) is 10.6. The number of hydrogen-bond donors (Lipinski definition) is 3. The lowest BCUT2D eigenvalue weighted by Crippen LogP contribution is -2.14. The summed E-state index contributed by atoms with van der Waals surface area (Å²) in [4.78, 5) is 12.2. The van der Waals surface area contributed by atoms with E-state index in [1.54, 1.807) is 24.3 Å². The van der Waals surface area contributed by atoms with Gasteiger partial charge in [-0.25, -0.2) is 0 Å². The van der Waals surface area contributed by atoms with Gasteiger partial charge in [0.15, 0.2) is 11.6 Å². The number of para-hydroxylation sites is 1. The average Bonchev–Trinajstić information content (AvgIpc) is 2.87. The molecule has 0 fully saturated rings. The lowest BCUT2D eigenvalue weighted by Gasteiger charge is -2.09. The Morgan fingerprint density at radius 2 is 2.20 bits per heavy atom. The number of carbonyl (C=O) groups is 1. The minimum absolute atomic E-state index is 0.309. The number of nitrogens with two attached hydrogens (primary N) is 1. The van der Waals surface area contributed by atoms with Crippen LogP contribution in [0.4, 0.5) is 11.5 Å². The first kappa shape index (κ1) is 13.9. The molecular formula is C14H18N4O2. The summed E-state index contributed by atoms with van der Waals surface area (Å²) in [6.45, 7) is 4.08. The number of aromatic nitrogens is 2. The molecular weight excluding hydrogens is 256 g/mol. The number of benzene rings is 1. The molecule has 0 atom stereocenters. The summed E-state index contributed by atoms with van der Waals surface area (Å²) < 4.78 is 5.16. The molecule has 0 aliphatic rings. The van der Waals surface area contributed by atoms with Crippen molar-refractivity contribution in [3.8, 4) is 5.75 Å². The molecule has 0 unspecified atom stereocenters. The lowest BCUT2D eigenvalue weighted by atomic mass is 10.1. The van der Waals surface area contributed by atoms with Gasteiger partial charge >= 0.3 is 0 Å². The van der Waals surface area contributed by atoms with Crippen LogP contribution in [0.3, 0.4) is 0 Å². The highest BCUT2D eigenvalue weighted by Crippen LogP contribution is 2.26. The number of H-pyrrole nitrogens is 1. The van der Waals surface area contributed by atoms with Gasteiger partial charge in [-0.15, -0.1) is 0 Å². The molecule has 20 heavy (non-hydrogen) atoms. The van der Waals surface area contributed by atoms with Crippen LogP contribution in [0.2, 0.25) is 0 Å². The van der Waals surface area contributed by atoms with Gasteiger partial charge in [0.05, 0.1) is 18.4 Å². The maximum absolute atomic E-state index is 12.2. The van der Waals surface area contributed by atoms with Gasteiger partial charge in [-0.2, -0.15) is 5.10 Å². The Balaban J connectivity index is 2.21. The number of ether oxygens (including phenoxy) is 1. The van der Waals surface area contributed by atoms with Crippen molar-refractivity contribution in [2.24, 2.45) is 0 Å². The number of hydrogen-bond acceptors (Lipinski definition) is 4. The fourth-order valence-electron chi connectivity index (χ4n) is 1.84. The number of nitrogen functional groups attached to an aromatic ring is 1. The van der Waals surface area contributed by atoms with Gasteiger partial charge in [0.2, 0.25) is 0 Å². The molecule has 0 saturated heterocycles. The molecule has 0 aliphatic heterocycles. The van der Waals surface area contributed by atoms with Gasteiger partial charge in [-0.1, -0.05) is 19.9 Å². The zero-order chi connectivity index (χ0) is 14.7. The first-order chi connectivity index (χ1) is 9.52. The first-order valence-corrected chi connectivity index (χ1v) is 6.32. The van der Waals surface area contributed by atoms with E-state index in [2.05, 4.69) is 15.5 Å². The van der Waals surface area contributed by atoms with E-state index >= 15 is 0 Å². The number of methoxy groups -OCH3 is 1. The maximum atomic E-state index is 12.2. The highest BCUT2D eigenvalue weighted by Gasteiger charge is 2.16. The molecule has 0 radical (unpaired) electrons. The van der Waals surface area contributed by atoms with E-state index in [9.17, 15) is 4.79 Å². The Kier molecular flexibility index (Phi) is 3.93. The number of aromatic amines is 1. The van der Waals surface area contributed by atoms with E-state index in [4.69, 9.17) is 10.5 Å². The van der Waals surface area contributed by atoms with E-state index in [0.717, 1.165) is 5.69 Å². The molecule has 0 saturated carbocycles. The van der Waals surface area contributed by atoms with Crippen molar-refractivity contribution in [3.63, 3.8) is 0 Å². The van der Waals surface area contributed by atoms with Crippen molar-refractivity contribution in [2.75, 3.05) is 18.2 Å². The highest BCUT2D eigenvalue weighted by atomic mass is 16.5. The monoisotopic (exact) mass is 274 g/mol. The summed E-state index contributed by atoms with van der Waals surface area (Å²) in [5, 5.41) is 9.65. The molecule has 0 bridgehead atoms. The number of anilines is 2. The van der Waals surface area contributed by atoms with Gasteiger partial charge in [0, 0.05) is 11.8 Å². The fraction of sp³-hybridized carbons (Fsp3) is 0.286. The van der Waals surface area contributed by atoms with E-state index in [1.807, 2.05) is 13.8 Å². The second-order valence-corrected chi connectivity index (χ2v) is 4.75. The largest absolute Gasteiger partial charge is 0.494 e. The van der Waals surface area contributed by atoms with Crippen molar-refractivity contribution < 1.29 is 9.53 Å². The van der Waals surface area contributed by atoms with Crippen molar-refractivity contribution in [2.45, 2.75) is 19.8 Å². The van der Waals surface area contributed by atoms with Crippen LogP contribution in [-0.4, -0.2) is 23.2 Å². The predicted molar refractivity (Wildman–Crippen MR) is 78.0 cm³/mol. The van der Waals surface area contributed by atoms with Crippen LogP contribution in [-0.2, 0) is 0 Å². The third kappa shape index (κ3) is 2.74. The summed E-state index contributed by atoms with van der Waals surface area (Å²) in [6, 6.07) is 6.85. The summed E-state index contributed by atoms with van der Waals surface area (Å²) >= 11 is 0. The highest BCUT2D eigenvalue weighted by molar-refractivity contribution is 6.06. The molecule has 6 heteroatoms. The molecule has 0 aliphatic carbocycles. The third-order valence-electron chi connectivity index (χ3n) is 2.96. The SMILES string of the molecule is COc1c(N)cccc1C(=O)Nc1cc(C(C)C)[nH]n1. The molecule has 2 rings (SSSR count). The summed E-state index contributed by atoms with van der Waals surface area (Å²) in [6.07, 6.45) is 0. The second kappa shape index (κ2) is 5.64. The van der Waals surface area contributed by atoms with Gasteiger partial charge in [-0.05, 0) is 18.1 Å². The van der Waals surface area contributed by atoms with E-state index < -0.39 is 0 Å². The third-order valence-corrected chi connectivity index (χ3v) is 2.96. The minimum atomic E-state index is -0.309. The second-order valence-electron chi connectivity index (χ2n) is 4.75. The maximum Gasteiger partial charge on any atom is 0.260 e. The first-order valence-electron chi connectivity index (χ1n) is 6.32. The number of nitrogens with one attached hydrogen (secondary N) is 2. The number of amides is 1. The zero-order valence-corrected chi connectivity index (χ0v) is 11.7. The van der Waals surface area contributed by atoms with Crippen LogP contribution >= 0.6 is 0 Å². The Morgan fingerprint density at radius 1 is 1.45 bits per heavy atom. The van der Waals surface area contributed by atoms with Crippen molar-refractivity contribution in [3.05, 3.63) is 35.5 Å². The molecule has 106 valence electrons. The van der Waals surface area contributed by atoms with E-state index in [-0.39, 0.29) is 5.91 Å². The van der Waals surface area contributed by atoms with Gasteiger partial charge < -0.3 is 15.8 Å². The van der Waals surface area contributed by atoms with Crippen LogP contribution < -0.4 is 15.8 Å². The van der Waals surface area contributed by atoms with Crippen LogP contribution in [0.1, 0.15) is 35.8 Å². The van der Waals surface area contributed by atoms with Crippen molar-refractivity contribution >= 4 is 17.4 Å². The van der Waals surface area contributed by atoms with Gasteiger partial charge in [0.25, 0.3) is 5.91 Å².